The summed E-state index contributed by atoms with van der Waals surface area (Å²) in [6.07, 6.45) is 0.125. The van der Waals surface area contributed by atoms with Gasteiger partial charge >= 0.3 is 0 Å². The van der Waals surface area contributed by atoms with Crippen molar-refractivity contribution in [2.24, 2.45) is 0 Å². The number of hydrogen-bond acceptors (Lipinski definition) is 3. The highest BCUT2D eigenvalue weighted by atomic mass is 16.3. The lowest BCUT2D eigenvalue weighted by molar-refractivity contribution is -0.122. The van der Waals surface area contributed by atoms with Gasteiger partial charge in [-0.1, -0.05) is 91.0 Å². The normalized spacial score (nSPS) is 13.4. The molecule has 0 aliphatic heterocycles. The zero-order valence-electron chi connectivity index (χ0n) is 18.3. The fraction of sp³-hybridized carbons (Fsp3) is 0.296. The monoisotopic (exact) mass is 416 g/mol. The van der Waals surface area contributed by atoms with E-state index >= 15 is 0 Å². The summed E-state index contributed by atoms with van der Waals surface area (Å²) in [4.78, 5) is 12.7. The third-order valence-corrected chi connectivity index (χ3v) is 5.57. The van der Waals surface area contributed by atoms with E-state index in [1.54, 1.807) is 0 Å². The summed E-state index contributed by atoms with van der Waals surface area (Å²) < 4.78 is 0. The minimum Gasteiger partial charge on any atom is -0.390 e. The van der Waals surface area contributed by atoms with Gasteiger partial charge in [0.05, 0.1) is 18.6 Å². The lowest BCUT2D eigenvalue weighted by atomic mass is 9.93. The summed E-state index contributed by atoms with van der Waals surface area (Å²) >= 11 is 0. The second-order valence-electron chi connectivity index (χ2n) is 8.47. The highest BCUT2D eigenvalue weighted by Crippen LogP contribution is 2.19. The molecule has 4 heteroatoms. The Balaban J connectivity index is 1.66. The first-order valence-corrected chi connectivity index (χ1v) is 10.8. The van der Waals surface area contributed by atoms with Crippen molar-refractivity contribution < 1.29 is 9.90 Å². The van der Waals surface area contributed by atoms with Gasteiger partial charge in [0.2, 0.25) is 5.91 Å². The number of hydrogen-bond donors (Lipinski definition) is 3. The maximum Gasteiger partial charge on any atom is 0.224 e. The number of nitrogens with one attached hydrogen (secondary N) is 2. The van der Waals surface area contributed by atoms with Gasteiger partial charge in [-0.25, -0.2) is 0 Å². The standard InChI is InChI=1S/C27H32N2O2/c1-27(2,23-16-10-5-11-17-23)28-20-25(30)24(18-21-12-6-3-7-13-21)29-26(31)19-22-14-8-4-9-15-22/h3-17,24-25,28,30H,18-20H2,1-2H3,(H,29,31)/t24-,25+/m0/s1. The molecule has 0 spiro atoms. The Labute approximate surface area is 185 Å². The lowest BCUT2D eigenvalue weighted by Gasteiger charge is -2.31. The van der Waals surface area contributed by atoms with E-state index in [1.807, 2.05) is 78.9 Å². The zero-order chi connectivity index (χ0) is 22.1. The molecule has 2 atom stereocenters. The highest BCUT2D eigenvalue weighted by Gasteiger charge is 2.26. The van der Waals surface area contributed by atoms with Gasteiger partial charge in [0.1, 0.15) is 0 Å². The van der Waals surface area contributed by atoms with Gasteiger partial charge in [-0.05, 0) is 37.0 Å². The topological polar surface area (TPSA) is 61.4 Å². The van der Waals surface area contributed by atoms with Crippen molar-refractivity contribution in [1.82, 2.24) is 10.6 Å². The fourth-order valence-corrected chi connectivity index (χ4v) is 3.65. The molecule has 4 nitrogen and oxygen atoms in total. The summed E-state index contributed by atoms with van der Waals surface area (Å²) in [7, 11) is 0. The predicted molar refractivity (Wildman–Crippen MR) is 126 cm³/mol. The SMILES string of the molecule is CC(C)(NC[C@@H](O)[C@H](Cc1ccccc1)NC(=O)Cc1ccccc1)c1ccccc1. The fourth-order valence-electron chi connectivity index (χ4n) is 3.65. The van der Waals surface area contributed by atoms with E-state index in [0.717, 1.165) is 16.7 Å². The first kappa shape index (κ1) is 22.7. The molecule has 3 aromatic rings. The Morgan fingerprint density at radius 1 is 0.839 bits per heavy atom. The van der Waals surface area contributed by atoms with E-state index in [1.165, 1.54) is 0 Å². The van der Waals surface area contributed by atoms with Gasteiger partial charge in [-0.2, -0.15) is 0 Å². The number of carbonyl (C=O) groups is 1. The summed E-state index contributed by atoms with van der Waals surface area (Å²) in [5, 5.41) is 17.5. The molecule has 0 heterocycles. The van der Waals surface area contributed by atoms with Crippen LogP contribution in [0.5, 0.6) is 0 Å². The van der Waals surface area contributed by atoms with Crippen LogP contribution in [0.3, 0.4) is 0 Å². The molecule has 31 heavy (non-hydrogen) atoms. The van der Waals surface area contributed by atoms with Gasteiger partial charge < -0.3 is 15.7 Å². The van der Waals surface area contributed by atoms with Gasteiger partial charge in [0.15, 0.2) is 0 Å². The van der Waals surface area contributed by atoms with Gasteiger partial charge in [-0.3, -0.25) is 4.79 Å². The van der Waals surface area contributed by atoms with Gasteiger partial charge in [-0.15, -0.1) is 0 Å². The van der Waals surface area contributed by atoms with Crippen molar-refractivity contribution in [2.45, 2.75) is 44.4 Å². The Bertz CT molecular complexity index is 927. The molecular formula is C27H32N2O2. The molecule has 0 saturated heterocycles. The predicted octanol–water partition coefficient (Wildman–Crippen LogP) is 3.84. The van der Waals surface area contributed by atoms with Crippen LogP contribution in [0.1, 0.15) is 30.5 Å². The van der Waals surface area contributed by atoms with Crippen LogP contribution < -0.4 is 10.6 Å². The van der Waals surface area contributed by atoms with E-state index in [2.05, 4.69) is 36.6 Å². The number of aliphatic hydroxyl groups excluding tert-OH is 1. The van der Waals surface area contributed by atoms with Crippen LogP contribution in [0.4, 0.5) is 0 Å². The van der Waals surface area contributed by atoms with E-state index in [0.29, 0.717) is 19.4 Å². The summed E-state index contributed by atoms with van der Waals surface area (Å²) in [5.74, 6) is -0.0894. The second-order valence-corrected chi connectivity index (χ2v) is 8.47. The van der Waals surface area contributed by atoms with Crippen molar-refractivity contribution in [3.63, 3.8) is 0 Å². The molecular weight excluding hydrogens is 384 g/mol. The Morgan fingerprint density at radius 3 is 1.94 bits per heavy atom. The average molecular weight is 417 g/mol. The van der Waals surface area contributed by atoms with Gasteiger partial charge in [0.25, 0.3) is 0 Å². The molecule has 0 bridgehead atoms. The lowest BCUT2D eigenvalue weighted by Crippen LogP contribution is -2.51. The third-order valence-electron chi connectivity index (χ3n) is 5.57. The number of rotatable bonds is 10. The van der Waals surface area contributed by atoms with Crippen LogP contribution in [0.25, 0.3) is 0 Å². The average Bonchev–Trinajstić information content (AvgIpc) is 2.79. The molecule has 0 fully saturated rings. The quantitative estimate of drug-likeness (QED) is 0.471. The largest absolute Gasteiger partial charge is 0.390 e. The van der Waals surface area contributed by atoms with Crippen LogP contribution in [-0.2, 0) is 23.2 Å². The Kier molecular flexibility index (Phi) is 7.99. The maximum absolute atomic E-state index is 12.7. The van der Waals surface area contributed by atoms with Crippen LogP contribution in [0, 0.1) is 0 Å². The van der Waals surface area contributed by atoms with Crippen LogP contribution in [-0.4, -0.2) is 29.7 Å². The van der Waals surface area contributed by atoms with Crippen LogP contribution in [0.2, 0.25) is 0 Å². The second kappa shape index (κ2) is 10.9. The third kappa shape index (κ3) is 7.06. The minimum atomic E-state index is -0.733. The van der Waals surface area contributed by atoms with E-state index in [-0.39, 0.29) is 11.4 Å². The van der Waals surface area contributed by atoms with Crippen molar-refractivity contribution in [3.8, 4) is 0 Å². The summed E-state index contributed by atoms with van der Waals surface area (Å²) in [6.45, 7) is 4.55. The van der Waals surface area contributed by atoms with Crippen molar-refractivity contribution in [2.75, 3.05) is 6.54 Å². The molecule has 0 unspecified atom stereocenters. The number of benzene rings is 3. The first-order chi connectivity index (χ1) is 14.9. The highest BCUT2D eigenvalue weighted by molar-refractivity contribution is 5.79. The molecule has 1 amide bonds. The zero-order valence-corrected chi connectivity index (χ0v) is 18.3. The number of aliphatic hydroxyl groups is 1. The van der Waals surface area contributed by atoms with E-state index in [9.17, 15) is 9.90 Å². The van der Waals surface area contributed by atoms with Crippen molar-refractivity contribution >= 4 is 5.91 Å². The molecule has 0 aromatic heterocycles. The maximum atomic E-state index is 12.7. The molecule has 0 aliphatic rings. The number of amides is 1. The molecule has 0 aliphatic carbocycles. The van der Waals surface area contributed by atoms with Crippen molar-refractivity contribution in [3.05, 3.63) is 108 Å². The minimum absolute atomic E-state index is 0.0894. The molecule has 3 rings (SSSR count). The molecule has 0 saturated carbocycles. The molecule has 162 valence electrons. The molecule has 3 N–H and O–H groups in total. The van der Waals surface area contributed by atoms with Crippen LogP contribution >= 0.6 is 0 Å². The van der Waals surface area contributed by atoms with E-state index in [4.69, 9.17) is 0 Å². The van der Waals surface area contributed by atoms with Crippen molar-refractivity contribution in [1.29, 1.82) is 0 Å². The molecule has 3 aromatic carbocycles. The molecule has 0 radical (unpaired) electrons. The van der Waals surface area contributed by atoms with E-state index < -0.39 is 12.1 Å². The summed E-state index contributed by atoms with van der Waals surface area (Å²) in [6, 6.07) is 29.4. The van der Waals surface area contributed by atoms with Crippen LogP contribution in [0.15, 0.2) is 91.0 Å². The smallest absolute Gasteiger partial charge is 0.224 e. The Hall–Kier alpha value is -2.95. The number of carbonyl (C=O) groups excluding carboxylic acids is 1. The van der Waals surface area contributed by atoms with Gasteiger partial charge in [0, 0.05) is 12.1 Å². The summed E-state index contributed by atoms with van der Waals surface area (Å²) in [5.41, 5.74) is 2.88. The Morgan fingerprint density at radius 2 is 1.35 bits per heavy atom. The first-order valence-electron chi connectivity index (χ1n) is 10.8.